The number of imidazole rings is 1. The number of aromatic nitrogens is 2. The van der Waals surface area contributed by atoms with Crippen molar-refractivity contribution in [3.8, 4) is 11.5 Å². The number of amides is 1. The zero-order valence-electron chi connectivity index (χ0n) is 20.3. The SMILES string of the molecule is Cc1cc(OCc2c(F)cccc2F)c2nc(C)c(C(=O)NC(CN)c3cccc(OC(F)(F)F)c3)n2c1. The van der Waals surface area contributed by atoms with Gasteiger partial charge in [-0.05, 0) is 55.3 Å². The minimum atomic E-state index is -4.87. The fourth-order valence-electron chi connectivity index (χ4n) is 3.99. The molecule has 2 aromatic carbocycles. The Morgan fingerprint density at radius 1 is 1.11 bits per heavy atom. The maximum absolute atomic E-state index is 14.1. The summed E-state index contributed by atoms with van der Waals surface area (Å²) in [4.78, 5) is 17.7. The maximum atomic E-state index is 14.1. The van der Waals surface area contributed by atoms with Gasteiger partial charge in [0.1, 0.15) is 29.7 Å². The zero-order chi connectivity index (χ0) is 27.6. The number of carbonyl (C=O) groups is 1. The van der Waals surface area contributed by atoms with Gasteiger partial charge < -0.3 is 20.5 Å². The molecule has 4 rings (SSSR count). The van der Waals surface area contributed by atoms with E-state index in [9.17, 15) is 26.7 Å². The van der Waals surface area contributed by atoms with E-state index in [4.69, 9.17) is 10.5 Å². The molecule has 1 amide bonds. The molecule has 1 atom stereocenters. The van der Waals surface area contributed by atoms with Gasteiger partial charge in [-0.3, -0.25) is 9.20 Å². The van der Waals surface area contributed by atoms with Crippen molar-refractivity contribution in [3.63, 3.8) is 0 Å². The van der Waals surface area contributed by atoms with Crippen molar-refractivity contribution in [2.45, 2.75) is 32.9 Å². The van der Waals surface area contributed by atoms with Crippen molar-refractivity contribution in [1.82, 2.24) is 14.7 Å². The molecule has 12 heteroatoms. The van der Waals surface area contributed by atoms with Crippen molar-refractivity contribution < 1.29 is 36.2 Å². The first-order valence-corrected chi connectivity index (χ1v) is 11.4. The number of alkyl halides is 3. The minimum absolute atomic E-state index is 0.113. The molecule has 0 radical (unpaired) electrons. The Kier molecular flexibility index (Phi) is 7.53. The summed E-state index contributed by atoms with van der Waals surface area (Å²) in [6.45, 7) is 2.81. The number of carbonyl (C=O) groups excluding carboxylic acids is 1. The number of pyridine rings is 1. The summed E-state index contributed by atoms with van der Waals surface area (Å²) in [6, 6.07) is 9.42. The molecule has 200 valence electrons. The van der Waals surface area contributed by atoms with E-state index in [2.05, 4.69) is 15.0 Å². The van der Waals surface area contributed by atoms with E-state index in [-0.39, 0.29) is 29.2 Å². The maximum Gasteiger partial charge on any atom is 0.573 e. The topological polar surface area (TPSA) is 90.9 Å². The predicted octanol–water partition coefficient (Wildman–Crippen LogP) is 5.14. The molecule has 2 heterocycles. The van der Waals surface area contributed by atoms with Gasteiger partial charge in [-0.1, -0.05) is 18.2 Å². The van der Waals surface area contributed by atoms with Crippen LogP contribution in [0.1, 0.15) is 38.9 Å². The number of aryl methyl sites for hydroxylation is 2. The van der Waals surface area contributed by atoms with Gasteiger partial charge in [0.25, 0.3) is 5.91 Å². The minimum Gasteiger partial charge on any atom is -0.485 e. The molecule has 0 aliphatic heterocycles. The van der Waals surface area contributed by atoms with Crippen LogP contribution >= 0.6 is 0 Å². The molecule has 3 N–H and O–H groups in total. The smallest absolute Gasteiger partial charge is 0.485 e. The highest BCUT2D eigenvalue weighted by atomic mass is 19.4. The van der Waals surface area contributed by atoms with Crippen molar-refractivity contribution >= 4 is 11.6 Å². The molecule has 4 aromatic rings. The molecule has 0 spiro atoms. The second-order valence-electron chi connectivity index (χ2n) is 8.49. The molecule has 38 heavy (non-hydrogen) atoms. The average Bonchev–Trinajstić information content (AvgIpc) is 3.16. The van der Waals surface area contributed by atoms with Gasteiger partial charge in [-0.15, -0.1) is 13.2 Å². The van der Waals surface area contributed by atoms with E-state index >= 15 is 0 Å². The monoisotopic (exact) mass is 534 g/mol. The van der Waals surface area contributed by atoms with Gasteiger partial charge in [0.05, 0.1) is 17.3 Å². The van der Waals surface area contributed by atoms with Crippen LogP contribution in [0.5, 0.6) is 11.5 Å². The summed E-state index contributed by atoms with van der Waals surface area (Å²) in [7, 11) is 0. The normalized spacial score (nSPS) is 12.4. The summed E-state index contributed by atoms with van der Waals surface area (Å²) < 4.78 is 77.1. The number of nitrogens with zero attached hydrogens (tertiary/aromatic N) is 2. The summed E-state index contributed by atoms with van der Waals surface area (Å²) in [5.41, 5.74) is 7.23. The van der Waals surface area contributed by atoms with Crippen LogP contribution in [-0.2, 0) is 6.61 Å². The zero-order valence-corrected chi connectivity index (χ0v) is 20.3. The van der Waals surface area contributed by atoms with Crippen LogP contribution < -0.4 is 20.5 Å². The number of nitrogens with one attached hydrogen (secondary N) is 1. The molecule has 0 aliphatic carbocycles. The van der Waals surface area contributed by atoms with Crippen LogP contribution in [0.3, 0.4) is 0 Å². The molecule has 0 aliphatic rings. The predicted molar refractivity (Wildman–Crippen MR) is 128 cm³/mol. The third-order valence-corrected chi connectivity index (χ3v) is 5.68. The second-order valence-corrected chi connectivity index (χ2v) is 8.49. The molecule has 0 fully saturated rings. The molecule has 2 aromatic heterocycles. The van der Waals surface area contributed by atoms with Crippen LogP contribution in [0.4, 0.5) is 22.0 Å². The highest BCUT2D eigenvalue weighted by Crippen LogP contribution is 2.28. The van der Waals surface area contributed by atoms with Gasteiger partial charge in [0, 0.05) is 12.7 Å². The Morgan fingerprint density at radius 2 is 1.79 bits per heavy atom. The lowest BCUT2D eigenvalue weighted by atomic mass is 10.1. The third-order valence-electron chi connectivity index (χ3n) is 5.68. The van der Waals surface area contributed by atoms with Gasteiger partial charge in [-0.2, -0.15) is 0 Å². The van der Waals surface area contributed by atoms with Crippen molar-refractivity contribution in [2.24, 2.45) is 5.73 Å². The van der Waals surface area contributed by atoms with E-state index in [1.54, 1.807) is 26.1 Å². The second kappa shape index (κ2) is 10.7. The third kappa shape index (κ3) is 5.86. The van der Waals surface area contributed by atoms with Gasteiger partial charge in [-0.25, -0.2) is 13.8 Å². The van der Waals surface area contributed by atoms with Gasteiger partial charge in [0.15, 0.2) is 11.4 Å². The number of rotatable bonds is 8. The number of hydrogen-bond acceptors (Lipinski definition) is 5. The summed E-state index contributed by atoms with van der Waals surface area (Å²) in [5, 5.41) is 2.72. The van der Waals surface area contributed by atoms with E-state index in [0.717, 1.165) is 24.3 Å². The lowest BCUT2D eigenvalue weighted by molar-refractivity contribution is -0.274. The fourth-order valence-corrected chi connectivity index (χ4v) is 3.99. The molecular weight excluding hydrogens is 511 g/mol. The molecule has 7 nitrogen and oxygen atoms in total. The standard InChI is InChI=1S/C26H23F5N4O3/c1-14-9-22(37-13-18-19(27)7-4-8-20(18)28)24-33-15(2)23(35(24)12-14)25(36)34-21(11-32)16-5-3-6-17(10-16)38-26(29,30)31/h3-10,12,21H,11,13,32H2,1-2H3,(H,34,36). The molecule has 0 saturated heterocycles. The summed E-state index contributed by atoms with van der Waals surface area (Å²) >= 11 is 0. The van der Waals surface area contributed by atoms with Gasteiger partial charge in [0.2, 0.25) is 0 Å². The molecule has 0 bridgehead atoms. The van der Waals surface area contributed by atoms with Crippen molar-refractivity contribution in [1.29, 1.82) is 0 Å². The van der Waals surface area contributed by atoms with Crippen LogP contribution in [0.15, 0.2) is 54.7 Å². The first-order valence-electron chi connectivity index (χ1n) is 11.4. The van der Waals surface area contributed by atoms with E-state index in [0.29, 0.717) is 16.8 Å². The quantitative estimate of drug-likeness (QED) is 0.306. The Hall–Kier alpha value is -4.19. The largest absolute Gasteiger partial charge is 0.573 e. The number of nitrogens with two attached hydrogens (primary N) is 1. The van der Waals surface area contributed by atoms with Crippen molar-refractivity contribution in [3.05, 3.63) is 94.4 Å². The van der Waals surface area contributed by atoms with E-state index in [1.165, 1.54) is 22.6 Å². The fraction of sp³-hybridized carbons (Fsp3) is 0.231. The molecule has 0 saturated carbocycles. The number of ether oxygens (including phenoxy) is 2. The molecule has 1 unspecified atom stereocenters. The molecular formula is C26H23F5N4O3. The lowest BCUT2D eigenvalue weighted by Gasteiger charge is -2.19. The first-order chi connectivity index (χ1) is 18.0. The number of halogens is 5. The summed E-state index contributed by atoms with van der Waals surface area (Å²) in [6.07, 6.45) is -3.24. The van der Waals surface area contributed by atoms with Crippen molar-refractivity contribution in [2.75, 3.05) is 6.54 Å². The lowest BCUT2D eigenvalue weighted by Crippen LogP contribution is -2.34. The highest BCUT2D eigenvalue weighted by molar-refractivity contribution is 5.95. The van der Waals surface area contributed by atoms with Gasteiger partial charge >= 0.3 is 6.36 Å². The Balaban J connectivity index is 1.62. The Bertz CT molecular complexity index is 1470. The van der Waals surface area contributed by atoms with Crippen LogP contribution in [0.25, 0.3) is 5.65 Å². The van der Waals surface area contributed by atoms with E-state index in [1.807, 2.05) is 0 Å². The number of hydrogen-bond donors (Lipinski definition) is 2. The van der Waals surface area contributed by atoms with Crippen LogP contribution in [0.2, 0.25) is 0 Å². The summed E-state index contributed by atoms with van der Waals surface area (Å²) in [5.74, 6) is -2.36. The van der Waals surface area contributed by atoms with E-state index < -0.39 is 42.3 Å². The highest BCUT2D eigenvalue weighted by Gasteiger charge is 2.31. The van der Waals surface area contributed by atoms with Crippen LogP contribution in [-0.4, -0.2) is 28.2 Å². The average molecular weight is 534 g/mol. The van der Waals surface area contributed by atoms with Crippen LogP contribution in [0, 0.1) is 25.5 Å². The Labute approximate surface area is 214 Å². The first kappa shape index (κ1) is 26.9. The Morgan fingerprint density at radius 3 is 2.45 bits per heavy atom. The number of benzene rings is 2. The number of fused-ring (bicyclic) bond motifs is 1.